The van der Waals surface area contributed by atoms with Crippen LogP contribution in [0.2, 0.25) is 5.02 Å². The summed E-state index contributed by atoms with van der Waals surface area (Å²) < 4.78 is 5.48. The Labute approximate surface area is 209 Å². The second kappa shape index (κ2) is 9.42. The lowest BCUT2D eigenvalue weighted by molar-refractivity contribution is 0.103. The molecule has 34 heavy (non-hydrogen) atoms. The highest BCUT2D eigenvalue weighted by Crippen LogP contribution is 2.35. The Morgan fingerprint density at radius 3 is 2.44 bits per heavy atom. The predicted molar refractivity (Wildman–Crippen MR) is 141 cm³/mol. The third-order valence-electron chi connectivity index (χ3n) is 5.13. The van der Waals surface area contributed by atoms with Gasteiger partial charge in [0.05, 0.1) is 23.7 Å². The molecule has 0 bridgehead atoms. The molecule has 0 radical (unpaired) electrons. The molecule has 0 aliphatic rings. The first-order valence-electron chi connectivity index (χ1n) is 10.5. The molecule has 5 rings (SSSR count). The number of thiazole rings is 1. The number of benzene rings is 2. The summed E-state index contributed by atoms with van der Waals surface area (Å²) in [6, 6.07) is 18.9. The second-order valence-corrected chi connectivity index (χ2v) is 9.64. The number of nitrogens with one attached hydrogen (secondary N) is 1. The quantitative estimate of drug-likeness (QED) is 0.259. The number of ether oxygens (including phenoxy) is 1. The Morgan fingerprint density at radius 2 is 1.71 bits per heavy atom. The van der Waals surface area contributed by atoms with E-state index in [2.05, 4.69) is 10.3 Å². The minimum atomic E-state index is -0.305. The van der Waals surface area contributed by atoms with Crippen molar-refractivity contribution in [3.8, 4) is 28.3 Å². The molecular weight excluding hydrogens is 488 g/mol. The molecule has 3 heterocycles. The molecule has 6 nitrogen and oxygen atoms in total. The lowest BCUT2D eigenvalue weighted by Gasteiger charge is -2.03. The zero-order valence-electron chi connectivity index (χ0n) is 18.0. The minimum absolute atomic E-state index is 0.305. The Kier molecular flexibility index (Phi) is 6.19. The van der Waals surface area contributed by atoms with Gasteiger partial charge in [-0.05, 0) is 55.5 Å². The highest BCUT2D eigenvalue weighted by molar-refractivity contribution is 7.21. The average molecular weight is 507 g/mol. The van der Waals surface area contributed by atoms with E-state index in [1.165, 1.54) is 22.7 Å². The van der Waals surface area contributed by atoms with Crippen molar-refractivity contribution in [1.29, 1.82) is 0 Å². The maximum atomic E-state index is 13.0. The third kappa shape index (κ3) is 4.48. The molecule has 0 atom stereocenters. The zero-order chi connectivity index (χ0) is 23.7. The fraction of sp³-hybridized carbons (Fsp3) is 0.0800. The van der Waals surface area contributed by atoms with E-state index in [1.807, 2.05) is 73.0 Å². The number of hydrogen-bond donors (Lipinski definition) is 2. The van der Waals surface area contributed by atoms with E-state index in [-0.39, 0.29) is 5.91 Å². The molecule has 3 N–H and O–H groups in total. The molecular formula is C25H19ClN4O2S2. The first-order valence-corrected chi connectivity index (χ1v) is 12.5. The van der Waals surface area contributed by atoms with Crippen LogP contribution in [0.1, 0.15) is 16.6 Å². The normalized spacial score (nSPS) is 11.0. The number of carbonyl (C=O) groups excluding carboxylic acids is 1. The molecule has 170 valence electrons. The molecule has 0 aliphatic carbocycles. The fourth-order valence-electron chi connectivity index (χ4n) is 3.45. The van der Waals surface area contributed by atoms with Gasteiger partial charge in [-0.15, -0.1) is 22.7 Å². The van der Waals surface area contributed by atoms with Gasteiger partial charge < -0.3 is 10.5 Å². The maximum absolute atomic E-state index is 13.0. The van der Waals surface area contributed by atoms with Crippen molar-refractivity contribution < 1.29 is 9.53 Å². The maximum Gasteiger partial charge on any atom is 0.269 e. The van der Waals surface area contributed by atoms with Gasteiger partial charge in [-0.25, -0.2) is 9.97 Å². The van der Waals surface area contributed by atoms with E-state index in [0.717, 1.165) is 33.7 Å². The van der Waals surface area contributed by atoms with Gasteiger partial charge in [0.25, 0.3) is 5.91 Å². The molecule has 3 aromatic heterocycles. The topological polar surface area (TPSA) is 90.1 Å². The molecule has 0 aliphatic heterocycles. The summed E-state index contributed by atoms with van der Waals surface area (Å²) in [6.07, 6.45) is 0. The number of carbonyl (C=O) groups is 1. The van der Waals surface area contributed by atoms with Gasteiger partial charge in [-0.1, -0.05) is 23.7 Å². The third-order valence-corrected chi connectivity index (χ3v) is 7.25. The van der Waals surface area contributed by atoms with Crippen LogP contribution in [0.25, 0.3) is 32.7 Å². The highest BCUT2D eigenvalue weighted by atomic mass is 35.5. The number of aromatic nitrogens is 2. The van der Waals surface area contributed by atoms with Crippen LogP contribution in [0.15, 0.2) is 66.0 Å². The number of amides is 1. The van der Waals surface area contributed by atoms with Crippen molar-refractivity contribution in [1.82, 2.24) is 9.97 Å². The average Bonchev–Trinajstić information content (AvgIpc) is 3.44. The number of thiophene rings is 1. The molecule has 0 spiro atoms. The van der Waals surface area contributed by atoms with Crippen LogP contribution in [0.3, 0.4) is 0 Å². The van der Waals surface area contributed by atoms with Crippen LogP contribution in [0.4, 0.5) is 10.8 Å². The van der Waals surface area contributed by atoms with Crippen molar-refractivity contribution in [3.63, 3.8) is 0 Å². The van der Waals surface area contributed by atoms with Gasteiger partial charge in [0, 0.05) is 26.9 Å². The van der Waals surface area contributed by atoms with Crippen molar-refractivity contribution in [2.75, 3.05) is 17.7 Å². The number of nitrogens with two attached hydrogens (primary N) is 1. The number of nitrogen functional groups attached to an aromatic ring is 1. The van der Waals surface area contributed by atoms with E-state index in [4.69, 9.17) is 27.1 Å². The number of nitrogens with zero attached hydrogens (tertiary/aromatic N) is 2. The molecule has 0 saturated heterocycles. The van der Waals surface area contributed by atoms with Gasteiger partial charge >= 0.3 is 0 Å². The molecule has 9 heteroatoms. The predicted octanol–water partition coefficient (Wildman–Crippen LogP) is 6.97. The van der Waals surface area contributed by atoms with E-state index >= 15 is 0 Å². The highest BCUT2D eigenvalue weighted by Gasteiger charge is 2.19. The van der Waals surface area contributed by atoms with E-state index < -0.39 is 0 Å². The van der Waals surface area contributed by atoms with Crippen molar-refractivity contribution in [3.05, 3.63) is 75.9 Å². The van der Waals surface area contributed by atoms with E-state index in [9.17, 15) is 4.79 Å². The number of hydrogen-bond acceptors (Lipinski definition) is 7. The van der Waals surface area contributed by atoms with Crippen LogP contribution >= 0.6 is 34.3 Å². The number of pyridine rings is 1. The summed E-state index contributed by atoms with van der Waals surface area (Å²) in [4.78, 5) is 23.3. The number of rotatable bonds is 6. The molecule has 5 aromatic rings. The Balaban J connectivity index is 1.36. The number of anilines is 2. The summed E-state index contributed by atoms with van der Waals surface area (Å²) in [6.45, 7) is 2.56. The van der Waals surface area contributed by atoms with Gasteiger partial charge in [0.15, 0.2) is 5.13 Å². The lowest BCUT2D eigenvalue weighted by Crippen LogP contribution is -2.11. The van der Waals surface area contributed by atoms with Crippen molar-refractivity contribution >= 4 is 61.2 Å². The smallest absolute Gasteiger partial charge is 0.269 e. The van der Waals surface area contributed by atoms with Gasteiger partial charge in [0.2, 0.25) is 0 Å². The number of halogens is 1. The summed E-state index contributed by atoms with van der Waals surface area (Å²) in [5.74, 6) is 0.504. The van der Waals surface area contributed by atoms with Crippen LogP contribution in [-0.4, -0.2) is 22.5 Å². The fourth-order valence-corrected chi connectivity index (χ4v) is 5.28. The zero-order valence-corrected chi connectivity index (χ0v) is 20.4. The Bertz CT molecular complexity index is 1480. The molecule has 0 unspecified atom stereocenters. The second-order valence-electron chi connectivity index (χ2n) is 7.35. The van der Waals surface area contributed by atoms with E-state index in [0.29, 0.717) is 32.2 Å². The summed E-state index contributed by atoms with van der Waals surface area (Å²) in [7, 11) is 0. The summed E-state index contributed by atoms with van der Waals surface area (Å²) in [5, 5.41) is 6.68. The first-order chi connectivity index (χ1) is 16.5. The molecule has 2 aromatic carbocycles. The molecule has 0 fully saturated rings. The van der Waals surface area contributed by atoms with Gasteiger partial charge in [-0.2, -0.15) is 0 Å². The number of fused-ring (bicyclic) bond motifs is 1. The van der Waals surface area contributed by atoms with E-state index in [1.54, 1.807) is 0 Å². The molecule has 1 amide bonds. The largest absolute Gasteiger partial charge is 0.494 e. The van der Waals surface area contributed by atoms with Crippen LogP contribution < -0.4 is 15.8 Å². The van der Waals surface area contributed by atoms with Crippen molar-refractivity contribution in [2.45, 2.75) is 6.92 Å². The first kappa shape index (κ1) is 22.3. The molecule has 0 saturated carbocycles. The summed E-state index contributed by atoms with van der Waals surface area (Å²) in [5.41, 5.74) is 10.2. The Morgan fingerprint density at radius 1 is 1.00 bits per heavy atom. The van der Waals surface area contributed by atoms with Crippen LogP contribution in [-0.2, 0) is 0 Å². The minimum Gasteiger partial charge on any atom is -0.494 e. The Hall–Kier alpha value is -3.46. The van der Waals surface area contributed by atoms with Crippen LogP contribution in [0, 0.1) is 0 Å². The van der Waals surface area contributed by atoms with Crippen LogP contribution in [0.5, 0.6) is 5.75 Å². The lowest BCUT2D eigenvalue weighted by atomic mass is 10.1. The van der Waals surface area contributed by atoms with Crippen molar-refractivity contribution in [2.24, 2.45) is 0 Å². The van der Waals surface area contributed by atoms with Gasteiger partial charge in [-0.3, -0.25) is 10.1 Å². The SMILES string of the molecule is CCOc1ccc(-c2csc(NC(=O)c3sc4nc(-c5ccc(Cl)cc5)ccc4c3N)n2)cc1. The van der Waals surface area contributed by atoms with Gasteiger partial charge in [0.1, 0.15) is 15.5 Å². The standard InChI is InChI=1S/C25H19ClN4O2S2/c1-2-32-17-9-5-15(6-10-17)20-13-33-25(29-20)30-23(31)22-21(27)18-11-12-19(28-24(18)34-22)14-3-7-16(26)8-4-14/h3-13H,2,27H2,1H3,(H,29,30,31). The summed E-state index contributed by atoms with van der Waals surface area (Å²) >= 11 is 8.60. The monoisotopic (exact) mass is 506 g/mol.